The predicted octanol–water partition coefficient (Wildman–Crippen LogP) is 5.75. The molecular formula is C27H29Cl2F3N4O5. The fraction of sp³-hybridized carbons (Fsp3) is 0.593. The number of alkyl halides is 3. The number of carbonyl (C=O) groups is 3. The van der Waals surface area contributed by atoms with Gasteiger partial charge in [-0.2, -0.15) is 18.3 Å². The molecule has 1 saturated carbocycles. The Kier molecular flexibility index (Phi) is 8.12. The molecule has 2 saturated heterocycles. The molecule has 0 spiro atoms. The SMILES string of the molecule is C[C@H]1C[C@@H](n2ncc(C(=O)N[C@@H](CC(=O)c3c(Cl)cncc3Cl)C34CCC(CC3)O4)c2C(F)(F)F)CCC1C(=O)O. The van der Waals surface area contributed by atoms with Crippen molar-refractivity contribution in [2.24, 2.45) is 11.8 Å². The van der Waals surface area contributed by atoms with Crippen LogP contribution in [0.15, 0.2) is 18.6 Å². The lowest BCUT2D eigenvalue weighted by atomic mass is 9.78. The summed E-state index contributed by atoms with van der Waals surface area (Å²) in [5.74, 6) is -3.54. The Hall–Kier alpha value is -2.70. The number of nitrogens with zero attached hydrogens (tertiary/aromatic N) is 3. The van der Waals surface area contributed by atoms with Gasteiger partial charge in [0.05, 0.1) is 57.1 Å². The van der Waals surface area contributed by atoms with Crippen LogP contribution in [0.4, 0.5) is 13.2 Å². The van der Waals surface area contributed by atoms with E-state index in [2.05, 4.69) is 15.4 Å². The third kappa shape index (κ3) is 5.70. The highest BCUT2D eigenvalue weighted by Gasteiger charge is 2.53. The van der Waals surface area contributed by atoms with Crippen molar-refractivity contribution in [1.29, 1.82) is 0 Å². The highest BCUT2D eigenvalue weighted by Crippen LogP contribution is 2.47. The number of carboxylic acid groups (broad SMARTS) is 1. The molecular weight excluding hydrogens is 588 g/mol. The minimum absolute atomic E-state index is 0.0152. The number of ether oxygens (including phenoxy) is 1. The Morgan fingerprint density at radius 2 is 1.80 bits per heavy atom. The van der Waals surface area contributed by atoms with Crippen LogP contribution in [0.25, 0.3) is 0 Å². The number of carboxylic acids is 1. The monoisotopic (exact) mass is 616 g/mol. The fourth-order valence-corrected chi connectivity index (χ4v) is 7.27. The largest absolute Gasteiger partial charge is 0.481 e. The number of amides is 1. The van der Waals surface area contributed by atoms with Crippen LogP contribution in [0.3, 0.4) is 0 Å². The molecule has 1 aliphatic carbocycles. The number of aliphatic carboxylic acids is 1. The maximum atomic E-state index is 14.4. The van der Waals surface area contributed by atoms with Crippen LogP contribution in [-0.4, -0.2) is 55.3 Å². The fourth-order valence-electron chi connectivity index (χ4n) is 6.69. The zero-order valence-electron chi connectivity index (χ0n) is 22.1. The number of nitrogens with one attached hydrogen (secondary N) is 1. The molecule has 14 heteroatoms. The highest BCUT2D eigenvalue weighted by molar-refractivity contribution is 6.39. The van der Waals surface area contributed by atoms with Gasteiger partial charge in [0, 0.05) is 18.8 Å². The van der Waals surface area contributed by atoms with Crippen LogP contribution in [0.2, 0.25) is 10.0 Å². The van der Waals surface area contributed by atoms with E-state index >= 15 is 0 Å². The zero-order chi connectivity index (χ0) is 29.7. The summed E-state index contributed by atoms with van der Waals surface area (Å²) in [6, 6.07) is -1.68. The average molecular weight is 617 g/mol. The topological polar surface area (TPSA) is 123 Å². The summed E-state index contributed by atoms with van der Waals surface area (Å²) in [7, 11) is 0. The molecule has 1 unspecified atom stereocenters. The van der Waals surface area contributed by atoms with Crippen molar-refractivity contribution in [3.8, 4) is 0 Å². The van der Waals surface area contributed by atoms with E-state index < -0.39 is 58.7 Å². The molecule has 4 atom stereocenters. The van der Waals surface area contributed by atoms with Gasteiger partial charge in [-0.15, -0.1) is 0 Å². The molecule has 2 aromatic heterocycles. The van der Waals surface area contributed by atoms with Gasteiger partial charge in [-0.3, -0.25) is 24.0 Å². The predicted molar refractivity (Wildman–Crippen MR) is 141 cm³/mol. The Balaban J connectivity index is 1.44. The van der Waals surface area contributed by atoms with E-state index in [0.717, 1.165) is 10.9 Å². The molecule has 3 fully saturated rings. The number of halogens is 5. The molecule has 222 valence electrons. The molecule has 0 aromatic carbocycles. The van der Waals surface area contributed by atoms with E-state index in [1.165, 1.54) is 12.4 Å². The second-order valence-corrected chi connectivity index (χ2v) is 12.1. The summed E-state index contributed by atoms with van der Waals surface area (Å²) >= 11 is 12.4. The van der Waals surface area contributed by atoms with E-state index in [9.17, 15) is 32.7 Å². The zero-order valence-corrected chi connectivity index (χ0v) is 23.6. The van der Waals surface area contributed by atoms with Gasteiger partial charge in [0.2, 0.25) is 0 Å². The third-order valence-electron chi connectivity index (χ3n) is 8.76. The summed E-state index contributed by atoms with van der Waals surface area (Å²) in [4.78, 5) is 42.2. The van der Waals surface area contributed by atoms with Crippen LogP contribution in [-0.2, 0) is 15.7 Å². The number of hydrogen-bond donors (Lipinski definition) is 2. The first-order valence-electron chi connectivity index (χ1n) is 13.5. The van der Waals surface area contributed by atoms with Gasteiger partial charge in [0.1, 0.15) is 0 Å². The van der Waals surface area contributed by atoms with Crippen LogP contribution >= 0.6 is 23.2 Å². The van der Waals surface area contributed by atoms with E-state index in [1.54, 1.807) is 6.92 Å². The standard InChI is InChI=1S/C27H29Cl2F3N4O5/c1-13-8-14(2-3-16(13)25(39)40)36-23(27(30,31)32)17(10-34-36)24(38)35-21(26-6-4-15(41-26)5-7-26)9-20(37)22-18(28)11-33-12-19(22)29/h10-16,21H,2-9H2,1H3,(H,35,38)(H,39,40)/t13-,14-,15?,16?,21-,26?/m0/s1. The minimum Gasteiger partial charge on any atom is -0.481 e. The summed E-state index contributed by atoms with van der Waals surface area (Å²) in [6.07, 6.45) is 1.17. The highest BCUT2D eigenvalue weighted by atomic mass is 35.5. The summed E-state index contributed by atoms with van der Waals surface area (Å²) in [5.41, 5.74) is -2.78. The van der Waals surface area contributed by atoms with Crippen molar-refractivity contribution in [2.75, 3.05) is 0 Å². The van der Waals surface area contributed by atoms with Gasteiger partial charge in [-0.1, -0.05) is 30.1 Å². The molecule has 1 amide bonds. The van der Waals surface area contributed by atoms with Crippen molar-refractivity contribution in [3.63, 3.8) is 0 Å². The molecule has 0 radical (unpaired) electrons. The lowest BCUT2D eigenvalue weighted by Crippen LogP contribution is -2.52. The molecule has 4 heterocycles. The van der Waals surface area contributed by atoms with Crippen LogP contribution < -0.4 is 5.32 Å². The number of ketones is 1. The lowest BCUT2D eigenvalue weighted by Gasteiger charge is -2.35. The van der Waals surface area contributed by atoms with E-state index in [4.69, 9.17) is 27.9 Å². The molecule has 2 N–H and O–H groups in total. The first-order valence-corrected chi connectivity index (χ1v) is 14.2. The third-order valence-corrected chi connectivity index (χ3v) is 9.33. The van der Waals surface area contributed by atoms with Crippen LogP contribution in [0.5, 0.6) is 0 Å². The molecule has 41 heavy (non-hydrogen) atoms. The van der Waals surface area contributed by atoms with E-state index in [-0.39, 0.29) is 53.3 Å². The number of fused-ring (bicyclic) bond motifs is 2. The Morgan fingerprint density at radius 1 is 1.15 bits per heavy atom. The molecule has 3 aliphatic rings. The maximum absolute atomic E-state index is 14.4. The molecule has 2 aromatic rings. The van der Waals surface area contributed by atoms with Crippen molar-refractivity contribution < 1.29 is 37.4 Å². The van der Waals surface area contributed by atoms with Gasteiger partial charge in [0.15, 0.2) is 11.5 Å². The second kappa shape index (κ2) is 11.2. The first-order chi connectivity index (χ1) is 19.3. The number of aromatic nitrogens is 3. The van der Waals surface area contributed by atoms with Gasteiger partial charge >= 0.3 is 12.1 Å². The van der Waals surface area contributed by atoms with E-state index in [1.807, 2.05) is 0 Å². The Morgan fingerprint density at radius 3 is 2.34 bits per heavy atom. The molecule has 5 rings (SSSR count). The molecule has 2 bridgehead atoms. The summed E-state index contributed by atoms with van der Waals surface area (Å²) < 4.78 is 50.2. The van der Waals surface area contributed by atoms with Crippen LogP contribution in [0.1, 0.15) is 90.7 Å². The Bertz CT molecular complexity index is 1340. The molecule has 2 aliphatic heterocycles. The number of pyridine rings is 1. The molecule has 9 nitrogen and oxygen atoms in total. The number of carbonyl (C=O) groups excluding carboxylic acids is 2. The summed E-state index contributed by atoms with van der Waals surface area (Å²) in [5, 5.41) is 16.1. The van der Waals surface area contributed by atoms with Gasteiger partial charge in [0.25, 0.3) is 5.91 Å². The average Bonchev–Trinajstić information content (AvgIpc) is 3.63. The van der Waals surface area contributed by atoms with Crippen molar-refractivity contribution in [2.45, 2.75) is 88.3 Å². The van der Waals surface area contributed by atoms with Gasteiger partial charge < -0.3 is 15.2 Å². The quantitative estimate of drug-likeness (QED) is 0.362. The van der Waals surface area contributed by atoms with Crippen molar-refractivity contribution >= 4 is 40.9 Å². The number of Topliss-reactive ketones (excluding diaryl/α,β-unsaturated/α-hetero) is 1. The van der Waals surface area contributed by atoms with Crippen molar-refractivity contribution in [1.82, 2.24) is 20.1 Å². The summed E-state index contributed by atoms with van der Waals surface area (Å²) in [6.45, 7) is 1.69. The van der Waals surface area contributed by atoms with Gasteiger partial charge in [-0.25, -0.2) is 0 Å². The Labute approximate surface area is 243 Å². The number of hydrogen-bond acceptors (Lipinski definition) is 6. The smallest absolute Gasteiger partial charge is 0.433 e. The van der Waals surface area contributed by atoms with Gasteiger partial charge in [-0.05, 0) is 50.9 Å². The van der Waals surface area contributed by atoms with Crippen molar-refractivity contribution in [3.05, 3.63) is 45.5 Å². The minimum atomic E-state index is -4.92. The normalized spacial score (nSPS) is 28.4. The first kappa shape index (κ1) is 29.8. The second-order valence-electron chi connectivity index (χ2n) is 11.3. The lowest BCUT2D eigenvalue weighted by molar-refractivity contribution is -0.148. The number of rotatable bonds is 8. The van der Waals surface area contributed by atoms with Crippen LogP contribution in [0, 0.1) is 11.8 Å². The maximum Gasteiger partial charge on any atom is 0.433 e. The van der Waals surface area contributed by atoms with E-state index in [0.29, 0.717) is 25.7 Å².